The maximum absolute atomic E-state index is 12.3. The van der Waals surface area contributed by atoms with Gasteiger partial charge in [-0.1, -0.05) is 22.9 Å². The van der Waals surface area contributed by atoms with Crippen molar-refractivity contribution >= 4 is 38.6 Å². The third-order valence-corrected chi connectivity index (χ3v) is 4.97. The predicted octanol–water partition coefficient (Wildman–Crippen LogP) is 5.22. The summed E-state index contributed by atoms with van der Waals surface area (Å²) in [4.78, 5) is 31.9. The molecule has 156 valence electrons. The van der Waals surface area contributed by atoms with Gasteiger partial charge in [0.25, 0.3) is 5.69 Å². The molecule has 0 spiro atoms. The lowest BCUT2D eigenvalue weighted by molar-refractivity contribution is -0.384. The number of nitro benzene ring substituents is 1. The number of benzene rings is 2. The van der Waals surface area contributed by atoms with Gasteiger partial charge < -0.3 is 9.47 Å². The molecule has 3 aromatic rings. The predicted molar refractivity (Wildman–Crippen MR) is 115 cm³/mol. The third kappa shape index (κ3) is 5.10. The Morgan fingerprint density at radius 3 is 2.50 bits per heavy atom. The zero-order chi connectivity index (χ0) is 21.7. The van der Waals surface area contributed by atoms with Gasteiger partial charge in [-0.2, -0.15) is 0 Å². The van der Waals surface area contributed by atoms with Crippen molar-refractivity contribution in [3.05, 3.63) is 62.7 Å². The summed E-state index contributed by atoms with van der Waals surface area (Å²) in [6.45, 7) is 3.98. The molecule has 2 aromatic carbocycles. The second-order valence-corrected chi connectivity index (χ2v) is 7.44. The van der Waals surface area contributed by atoms with Gasteiger partial charge in [0, 0.05) is 23.0 Å². The van der Waals surface area contributed by atoms with E-state index in [1.165, 1.54) is 24.3 Å². The summed E-state index contributed by atoms with van der Waals surface area (Å²) in [5, 5.41) is 10.9. The average molecular weight is 474 g/mol. The number of nitrogens with zero attached hydrogens (tertiary/aromatic N) is 3. The quantitative estimate of drug-likeness (QED) is 0.250. The normalized spacial score (nSPS) is 11.8. The van der Waals surface area contributed by atoms with E-state index < -0.39 is 4.92 Å². The van der Waals surface area contributed by atoms with Crippen molar-refractivity contribution in [2.45, 2.75) is 26.7 Å². The highest BCUT2D eigenvalue weighted by atomic mass is 79.9. The fraction of sp³-hybridized carbons (Fsp3) is 0.286. The van der Waals surface area contributed by atoms with Gasteiger partial charge in [-0.05, 0) is 43.7 Å². The molecule has 0 aliphatic carbocycles. The first-order valence-corrected chi connectivity index (χ1v) is 10.3. The van der Waals surface area contributed by atoms with Crippen LogP contribution in [0.5, 0.6) is 11.6 Å². The Labute approximate surface area is 181 Å². The number of hydrogen-bond acceptors (Lipinski definition) is 7. The lowest BCUT2D eigenvalue weighted by Gasteiger charge is -2.16. The summed E-state index contributed by atoms with van der Waals surface area (Å²) in [7, 11) is 0. The van der Waals surface area contributed by atoms with Crippen molar-refractivity contribution in [3.63, 3.8) is 0 Å². The molecule has 0 fully saturated rings. The molecule has 1 aromatic heterocycles. The molecule has 0 radical (unpaired) electrons. The number of carbonyl (C=O) groups excluding carboxylic acids is 1. The highest BCUT2D eigenvalue weighted by Gasteiger charge is 2.23. The maximum atomic E-state index is 12.3. The molecular formula is C21H20BrN3O5. The van der Waals surface area contributed by atoms with Crippen molar-refractivity contribution in [1.82, 2.24) is 9.97 Å². The van der Waals surface area contributed by atoms with E-state index in [1.54, 1.807) is 6.92 Å². The lowest BCUT2D eigenvalue weighted by Crippen LogP contribution is -2.20. The van der Waals surface area contributed by atoms with Crippen LogP contribution in [0.2, 0.25) is 0 Å². The van der Waals surface area contributed by atoms with E-state index in [0.29, 0.717) is 41.9 Å². The molecule has 0 N–H and O–H groups in total. The van der Waals surface area contributed by atoms with Crippen molar-refractivity contribution < 1.29 is 19.2 Å². The molecule has 1 heterocycles. The van der Waals surface area contributed by atoms with Crippen LogP contribution in [0.1, 0.15) is 26.0 Å². The Bertz CT molecular complexity index is 1070. The van der Waals surface area contributed by atoms with Crippen LogP contribution in [0.15, 0.2) is 46.9 Å². The van der Waals surface area contributed by atoms with Gasteiger partial charge >= 0.3 is 5.97 Å². The molecule has 0 amide bonds. The minimum absolute atomic E-state index is 0.0375. The minimum atomic E-state index is -0.478. The van der Waals surface area contributed by atoms with E-state index >= 15 is 0 Å². The van der Waals surface area contributed by atoms with Crippen molar-refractivity contribution in [3.8, 4) is 11.6 Å². The first-order chi connectivity index (χ1) is 14.4. The summed E-state index contributed by atoms with van der Waals surface area (Å²) >= 11 is 3.42. The van der Waals surface area contributed by atoms with E-state index in [1.807, 2.05) is 25.1 Å². The Morgan fingerprint density at radius 2 is 1.87 bits per heavy atom. The zero-order valence-electron chi connectivity index (χ0n) is 16.5. The number of nitro groups is 1. The summed E-state index contributed by atoms with van der Waals surface area (Å²) < 4.78 is 11.9. The number of aromatic nitrogens is 2. The van der Waals surface area contributed by atoms with Crippen LogP contribution >= 0.6 is 15.9 Å². The standard InChI is InChI=1S/C21H20BrN3O5/c1-3-13(21(26)29-4-2)11-19-20(24-18-12-14(22)5-10-17(18)23-19)30-16-8-6-15(7-9-16)25(27)28/h5-10,12-13H,3-4,11H2,1-2H3. The SMILES string of the molecule is CCOC(=O)C(CC)Cc1nc2ccc(Br)cc2nc1Oc1ccc([N+](=O)[O-])cc1. The van der Waals surface area contributed by atoms with Crippen LogP contribution in [-0.4, -0.2) is 27.5 Å². The topological polar surface area (TPSA) is 104 Å². The second-order valence-electron chi connectivity index (χ2n) is 6.52. The van der Waals surface area contributed by atoms with Gasteiger partial charge in [0.05, 0.1) is 28.5 Å². The number of non-ortho nitro benzene ring substituents is 1. The number of ether oxygens (including phenoxy) is 2. The highest BCUT2D eigenvalue weighted by Crippen LogP contribution is 2.29. The fourth-order valence-corrected chi connectivity index (χ4v) is 3.25. The van der Waals surface area contributed by atoms with Crippen molar-refractivity contribution in [1.29, 1.82) is 0 Å². The van der Waals surface area contributed by atoms with Crippen LogP contribution < -0.4 is 4.74 Å². The van der Waals surface area contributed by atoms with Crippen molar-refractivity contribution in [2.24, 2.45) is 5.92 Å². The van der Waals surface area contributed by atoms with Gasteiger partial charge in [0.1, 0.15) is 11.4 Å². The summed E-state index contributed by atoms with van der Waals surface area (Å²) in [5.74, 6) is -0.0442. The van der Waals surface area contributed by atoms with E-state index in [9.17, 15) is 14.9 Å². The van der Waals surface area contributed by atoms with E-state index in [0.717, 1.165) is 4.47 Å². The number of hydrogen-bond donors (Lipinski definition) is 0. The van der Waals surface area contributed by atoms with E-state index in [2.05, 4.69) is 25.9 Å². The summed E-state index contributed by atoms with van der Waals surface area (Å²) in [6.07, 6.45) is 0.881. The average Bonchev–Trinajstić information content (AvgIpc) is 2.72. The maximum Gasteiger partial charge on any atom is 0.309 e. The summed E-state index contributed by atoms with van der Waals surface area (Å²) in [6, 6.07) is 11.2. The smallest absolute Gasteiger partial charge is 0.309 e. The van der Waals surface area contributed by atoms with Crippen LogP contribution in [0.4, 0.5) is 5.69 Å². The van der Waals surface area contributed by atoms with Crippen molar-refractivity contribution in [2.75, 3.05) is 6.61 Å². The van der Waals surface area contributed by atoms with Gasteiger partial charge in [-0.3, -0.25) is 14.9 Å². The first-order valence-electron chi connectivity index (χ1n) is 9.46. The van der Waals surface area contributed by atoms with Crippen LogP contribution in [0, 0.1) is 16.0 Å². The van der Waals surface area contributed by atoms with E-state index in [-0.39, 0.29) is 23.5 Å². The molecule has 0 aliphatic rings. The Kier molecular flexibility index (Phi) is 6.94. The number of carbonyl (C=O) groups is 1. The molecular weight excluding hydrogens is 454 g/mol. The largest absolute Gasteiger partial charge is 0.466 e. The molecule has 1 atom stereocenters. The molecule has 0 bridgehead atoms. The molecule has 3 rings (SSSR count). The molecule has 8 nitrogen and oxygen atoms in total. The minimum Gasteiger partial charge on any atom is -0.466 e. The van der Waals surface area contributed by atoms with Gasteiger partial charge in [-0.15, -0.1) is 0 Å². The van der Waals surface area contributed by atoms with E-state index in [4.69, 9.17) is 9.47 Å². The zero-order valence-corrected chi connectivity index (χ0v) is 18.1. The highest BCUT2D eigenvalue weighted by molar-refractivity contribution is 9.10. The molecule has 30 heavy (non-hydrogen) atoms. The molecule has 1 unspecified atom stereocenters. The van der Waals surface area contributed by atoms with Gasteiger partial charge in [0.2, 0.25) is 5.88 Å². The number of halogens is 1. The Hall–Kier alpha value is -3.07. The summed E-state index contributed by atoms with van der Waals surface area (Å²) in [5.41, 5.74) is 1.77. The molecule has 0 aliphatic heterocycles. The molecule has 9 heteroatoms. The number of esters is 1. The van der Waals surface area contributed by atoms with Gasteiger partial charge in [-0.25, -0.2) is 9.97 Å². The number of rotatable bonds is 8. The van der Waals surface area contributed by atoms with Gasteiger partial charge in [0.15, 0.2) is 0 Å². The lowest BCUT2D eigenvalue weighted by atomic mass is 10.0. The fourth-order valence-electron chi connectivity index (χ4n) is 2.90. The monoisotopic (exact) mass is 473 g/mol. The Morgan fingerprint density at radius 1 is 1.13 bits per heavy atom. The van der Waals surface area contributed by atoms with Crippen LogP contribution in [-0.2, 0) is 16.0 Å². The Balaban J connectivity index is 1.99. The molecule has 0 saturated carbocycles. The second kappa shape index (κ2) is 9.62. The van der Waals surface area contributed by atoms with Crippen LogP contribution in [0.25, 0.3) is 11.0 Å². The number of fused-ring (bicyclic) bond motifs is 1. The molecule has 0 saturated heterocycles. The van der Waals surface area contributed by atoms with Crippen LogP contribution in [0.3, 0.4) is 0 Å². The third-order valence-electron chi connectivity index (χ3n) is 4.48. The first kappa shape index (κ1) is 21.6.